The maximum atomic E-state index is 13.0. The maximum Gasteiger partial charge on any atom is 0.519 e. The van der Waals surface area contributed by atoms with Crippen LogP contribution in [0.3, 0.4) is 0 Å². The van der Waals surface area contributed by atoms with E-state index < -0.39 is 11.6 Å². The van der Waals surface area contributed by atoms with E-state index in [1.807, 2.05) is 73.7 Å². The van der Waals surface area contributed by atoms with Crippen LogP contribution in [0.1, 0.15) is 60.1 Å². The molecule has 0 fully saturated rings. The molecular weight excluding hydrogens is 779 g/mol. The van der Waals surface area contributed by atoms with Gasteiger partial charge in [-0.2, -0.15) is 0 Å². The van der Waals surface area contributed by atoms with E-state index in [2.05, 4.69) is 147 Å². The quantitative estimate of drug-likeness (QED) is 0.0618. The summed E-state index contributed by atoms with van der Waals surface area (Å²) < 4.78 is 22.4. The van der Waals surface area contributed by atoms with E-state index in [0.29, 0.717) is 18.1 Å². The second-order valence-electron chi connectivity index (χ2n) is 15.8. The molecular formula is C57H51NO5. The van der Waals surface area contributed by atoms with Gasteiger partial charge in [0.25, 0.3) is 0 Å². The van der Waals surface area contributed by atoms with Crippen LogP contribution in [-0.2, 0) is 5.41 Å². The molecule has 0 bridgehead atoms. The minimum absolute atomic E-state index is 0.151. The Morgan fingerprint density at radius 1 is 0.508 bits per heavy atom. The third kappa shape index (κ3) is 9.51. The van der Waals surface area contributed by atoms with Gasteiger partial charge in [0.05, 0.1) is 13.7 Å². The molecule has 314 valence electrons. The van der Waals surface area contributed by atoms with Crippen molar-refractivity contribution in [2.24, 2.45) is 0 Å². The summed E-state index contributed by atoms with van der Waals surface area (Å²) in [5, 5.41) is 0. The SMILES string of the molecule is CCOc1ccc(C(C)c2ccc(OC(=O)Oc3ccc(C(C)(c4ccc(OC)cc4)c4ccc(N(c5ccc(C)cc5)c5ccc(-c6ccccc6)cc5)cc4)cc3)cc2)cc1. The molecule has 0 saturated heterocycles. The number of anilines is 3. The van der Waals surface area contributed by atoms with Crippen LogP contribution in [0.2, 0.25) is 0 Å². The Bertz CT molecular complexity index is 2720. The number of rotatable bonds is 14. The predicted octanol–water partition coefficient (Wildman–Crippen LogP) is 14.6. The maximum absolute atomic E-state index is 13.0. The van der Waals surface area contributed by atoms with Gasteiger partial charge < -0.3 is 23.8 Å². The van der Waals surface area contributed by atoms with E-state index in [9.17, 15) is 4.79 Å². The van der Waals surface area contributed by atoms with Crippen LogP contribution in [0.5, 0.6) is 23.0 Å². The average molecular weight is 830 g/mol. The number of hydrogen-bond donors (Lipinski definition) is 0. The Morgan fingerprint density at radius 3 is 1.38 bits per heavy atom. The fourth-order valence-electron chi connectivity index (χ4n) is 8.05. The average Bonchev–Trinajstić information content (AvgIpc) is 3.33. The summed E-state index contributed by atoms with van der Waals surface area (Å²) in [7, 11) is 1.67. The van der Waals surface area contributed by atoms with Crippen LogP contribution >= 0.6 is 0 Å². The molecule has 6 nitrogen and oxygen atoms in total. The topological polar surface area (TPSA) is 57.2 Å². The Labute approximate surface area is 370 Å². The Kier molecular flexibility index (Phi) is 12.7. The lowest BCUT2D eigenvalue weighted by Gasteiger charge is -2.33. The Hall–Kier alpha value is -7.57. The van der Waals surface area contributed by atoms with Crippen molar-refractivity contribution in [1.29, 1.82) is 0 Å². The van der Waals surface area contributed by atoms with Crippen LogP contribution in [0.15, 0.2) is 200 Å². The summed E-state index contributed by atoms with van der Waals surface area (Å²) in [6.45, 7) is 9.07. The summed E-state index contributed by atoms with van der Waals surface area (Å²) in [5.74, 6) is 2.57. The van der Waals surface area contributed by atoms with Gasteiger partial charge in [0.1, 0.15) is 23.0 Å². The standard InChI is InChI=1S/C57H51NO5/c1-6-61-53-32-16-42(17-33-53)41(3)43-18-34-54(35-19-43)62-56(59)63-55-38-24-48(25-39-55)57(4,47-22-36-52(60-5)37-23-47)46-20-30-51(31-21-46)58(49-26-12-40(2)13-27-49)50-28-14-45(15-29-50)44-10-8-7-9-11-44/h7-39,41H,6H2,1-5H3. The summed E-state index contributed by atoms with van der Waals surface area (Å²) in [5.41, 5.74) is 11.6. The minimum Gasteiger partial charge on any atom is -0.497 e. The lowest BCUT2D eigenvalue weighted by atomic mass is 9.71. The van der Waals surface area contributed by atoms with Crippen molar-refractivity contribution < 1.29 is 23.7 Å². The first-order valence-corrected chi connectivity index (χ1v) is 21.3. The van der Waals surface area contributed by atoms with Crippen LogP contribution in [0.4, 0.5) is 21.9 Å². The fraction of sp³-hybridized carbons (Fsp3) is 0.140. The molecule has 8 aromatic carbocycles. The van der Waals surface area contributed by atoms with E-state index in [1.165, 1.54) is 22.3 Å². The van der Waals surface area contributed by atoms with Crippen molar-refractivity contribution in [3.8, 4) is 34.1 Å². The molecule has 63 heavy (non-hydrogen) atoms. The molecule has 2 atom stereocenters. The normalized spacial score (nSPS) is 12.4. The second kappa shape index (κ2) is 19.0. The molecule has 0 spiro atoms. The molecule has 8 rings (SSSR count). The lowest BCUT2D eigenvalue weighted by molar-refractivity contribution is 0.152. The van der Waals surface area contributed by atoms with Crippen molar-refractivity contribution in [3.63, 3.8) is 0 Å². The zero-order valence-electron chi connectivity index (χ0n) is 36.3. The van der Waals surface area contributed by atoms with Gasteiger partial charge >= 0.3 is 6.16 Å². The highest BCUT2D eigenvalue weighted by atomic mass is 16.7. The van der Waals surface area contributed by atoms with Crippen molar-refractivity contribution in [3.05, 3.63) is 234 Å². The predicted molar refractivity (Wildman–Crippen MR) is 255 cm³/mol. The minimum atomic E-state index is -0.809. The van der Waals surface area contributed by atoms with E-state index in [4.69, 9.17) is 18.9 Å². The monoisotopic (exact) mass is 829 g/mol. The van der Waals surface area contributed by atoms with Crippen molar-refractivity contribution in [2.75, 3.05) is 18.6 Å². The number of benzene rings is 8. The van der Waals surface area contributed by atoms with Gasteiger partial charge in [-0.15, -0.1) is 0 Å². The summed E-state index contributed by atoms with van der Waals surface area (Å²) in [6.07, 6.45) is -0.809. The number of ether oxygens (including phenoxy) is 4. The molecule has 0 radical (unpaired) electrons. The summed E-state index contributed by atoms with van der Waals surface area (Å²) in [4.78, 5) is 15.3. The third-order valence-corrected chi connectivity index (χ3v) is 11.8. The molecule has 0 aliphatic heterocycles. The van der Waals surface area contributed by atoms with Gasteiger partial charge in [0, 0.05) is 28.4 Å². The smallest absolute Gasteiger partial charge is 0.497 e. The zero-order chi connectivity index (χ0) is 43.8. The highest BCUT2D eigenvalue weighted by molar-refractivity contribution is 5.79. The van der Waals surface area contributed by atoms with E-state index >= 15 is 0 Å². The van der Waals surface area contributed by atoms with E-state index in [1.54, 1.807) is 19.2 Å². The molecule has 0 aromatic heterocycles. The van der Waals surface area contributed by atoms with Gasteiger partial charge in [-0.3, -0.25) is 0 Å². The molecule has 0 N–H and O–H groups in total. The summed E-state index contributed by atoms with van der Waals surface area (Å²) in [6, 6.07) is 68.0. The third-order valence-electron chi connectivity index (χ3n) is 11.8. The van der Waals surface area contributed by atoms with Gasteiger partial charge in [-0.05, 0) is 145 Å². The molecule has 6 heteroatoms. The Morgan fingerprint density at radius 2 is 0.905 bits per heavy atom. The first-order valence-electron chi connectivity index (χ1n) is 21.3. The molecule has 0 saturated carbocycles. The van der Waals surface area contributed by atoms with Crippen molar-refractivity contribution in [2.45, 2.75) is 39.0 Å². The van der Waals surface area contributed by atoms with Crippen LogP contribution in [0, 0.1) is 6.92 Å². The van der Waals surface area contributed by atoms with Crippen LogP contribution < -0.4 is 23.8 Å². The first kappa shape index (κ1) is 42.1. The fourth-order valence-corrected chi connectivity index (χ4v) is 8.05. The highest BCUT2D eigenvalue weighted by Gasteiger charge is 2.32. The van der Waals surface area contributed by atoms with E-state index in [-0.39, 0.29) is 5.92 Å². The molecule has 0 amide bonds. The van der Waals surface area contributed by atoms with Gasteiger partial charge in [0.2, 0.25) is 0 Å². The van der Waals surface area contributed by atoms with Gasteiger partial charge in [0.15, 0.2) is 0 Å². The highest BCUT2D eigenvalue weighted by Crippen LogP contribution is 2.42. The van der Waals surface area contributed by atoms with Gasteiger partial charge in [-0.25, -0.2) is 4.79 Å². The molecule has 2 unspecified atom stereocenters. The van der Waals surface area contributed by atoms with Crippen LogP contribution in [0.25, 0.3) is 11.1 Å². The lowest BCUT2D eigenvalue weighted by Crippen LogP contribution is -2.25. The number of carbonyl (C=O) groups excluding carboxylic acids is 1. The van der Waals surface area contributed by atoms with Crippen molar-refractivity contribution in [1.82, 2.24) is 0 Å². The summed E-state index contributed by atoms with van der Waals surface area (Å²) >= 11 is 0. The molecule has 8 aromatic rings. The van der Waals surface area contributed by atoms with Crippen LogP contribution in [-0.4, -0.2) is 19.9 Å². The largest absolute Gasteiger partial charge is 0.519 e. The molecule has 0 aliphatic carbocycles. The molecule has 0 heterocycles. The van der Waals surface area contributed by atoms with E-state index in [0.717, 1.165) is 50.8 Å². The van der Waals surface area contributed by atoms with Gasteiger partial charge in [-0.1, -0.05) is 128 Å². The number of nitrogens with zero attached hydrogens (tertiary/aromatic N) is 1. The number of carbonyl (C=O) groups is 1. The van der Waals surface area contributed by atoms with Crippen molar-refractivity contribution >= 4 is 23.2 Å². The molecule has 0 aliphatic rings. The number of methoxy groups -OCH3 is 1. The first-order chi connectivity index (χ1) is 30.7. The zero-order valence-corrected chi connectivity index (χ0v) is 36.3. The number of hydrogen-bond acceptors (Lipinski definition) is 6. The second-order valence-corrected chi connectivity index (χ2v) is 15.8. The number of aryl methyl sites for hydroxylation is 1. The Balaban J connectivity index is 1.02.